The Balaban J connectivity index is 1.60. The minimum absolute atomic E-state index is 0.122. The molecule has 0 aromatic heterocycles. The van der Waals surface area contributed by atoms with Crippen molar-refractivity contribution in [1.82, 2.24) is 4.90 Å². The van der Waals surface area contributed by atoms with Crippen LogP contribution in [0.3, 0.4) is 0 Å². The lowest BCUT2D eigenvalue weighted by Gasteiger charge is -2.32. The molecule has 2 aromatic carbocycles. The Bertz CT molecular complexity index is 1010. The van der Waals surface area contributed by atoms with Crippen LogP contribution in [0.1, 0.15) is 17.5 Å². The number of benzene rings is 2. The molecular weight excluding hydrogens is 408 g/mol. The molecule has 2 heterocycles. The minimum Gasteiger partial charge on any atom is -0.495 e. The van der Waals surface area contributed by atoms with Crippen LogP contribution in [0.5, 0.6) is 17.2 Å². The van der Waals surface area contributed by atoms with Crippen LogP contribution in [0, 0.1) is 0 Å². The van der Waals surface area contributed by atoms with Crippen molar-refractivity contribution in [2.75, 3.05) is 32.8 Å². The van der Waals surface area contributed by atoms with Crippen molar-refractivity contribution in [3.8, 4) is 17.2 Å². The second-order valence-corrected chi connectivity index (χ2v) is 7.74. The summed E-state index contributed by atoms with van der Waals surface area (Å²) in [5.74, 6) is 1.25. The molecule has 0 aliphatic carbocycles. The molecule has 1 fully saturated rings. The van der Waals surface area contributed by atoms with Gasteiger partial charge in [-0.1, -0.05) is 11.6 Å². The molecule has 0 unspecified atom stereocenters. The quantitative estimate of drug-likeness (QED) is 0.679. The number of hydrogen-bond donors (Lipinski definition) is 0. The van der Waals surface area contributed by atoms with E-state index in [1.807, 2.05) is 17.0 Å². The molecule has 2 aliphatic rings. The highest BCUT2D eigenvalue weighted by atomic mass is 35.5. The standard InChI is InChI=1S/C22H23ClN2O5/c1-28-18-5-4-15(23)10-16(18)25-21(26)11-17(22(25)27)24-7-6-13-8-19(29-2)20(30-3)9-14(13)12-24/h4-5,8-10,17H,6-7,11-12H2,1-3H3/t17-/m1/s1. The molecule has 2 amide bonds. The van der Waals surface area contributed by atoms with E-state index in [0.29, 0.717) is 41.0 Å². The van der Waals surface area contributed by atoms with Crippen LogP contribution in [-0.2, 0) is 22.6 Å². The number of carbonyl (C=O) groups is 2. The fourth-order valence-electron chi connectivity index (χ4n) is 4.16. The largest absolute Gasteiger partial charge is 0.495 e. The zero-order chi connectivity index (χ0) is 21.4. The lowest BCUT2D eigenvalue weighted by Crippen LogP contribution is -2.44. The summed E-state index contributed by atoms with van der Waals surface area (Å²) in [6.45, 7) is 1.23. The van der Waals surface area contributed by atoms with Crippen molar-refractivity contribution in [2.24, 2.45) is 0 Å². The van der Waals surface area contributed by atoms with Crippen LogP contribution in [0.25, 0.3) is 0 Å². The highest BCUT2D eigenvalue weighted by molar-refractivity contribution is 6.31. The first-order valence-electron chi connectivity index (χ1n) is 9.65. The molecule has 0 radical (unpaired) electrons. The highest BCUT2D eigenvalue weighted by Gasteiger charge is 2.44. The van der Waals surface area contributed by atoms with Gasteiger partial charge in [0.05, 0.1) is 39.5 Å². The van der Waals surface area contributed by atoms with Crippen LogP contribution in [0.4, 0.5) is 5.69 Å². The fourth-order valence-corrected chi connectivity index (χ4v) is 4.33. The molecule has 1 saturated heterocycles. The van der Waals surface area contributed by atoms with E-state index in [4.69, 9.17) is 25.8 Å². The maximum absolute atomic E-state index is 13.3. The summed E-state index contributed by atoms with van der Waals surface area (Å²) in [6, 6.07) is 8.30. The topological polar surface area (TPSA) is 68.3 Å². The fraction of sp³-hybridized carbons (Fsp3) is 0.364. The number of nitrogens with zero attached hydrogens (tertiary/aromatic N) is 2. The van der Waals surface area contributed by atoms with Crippen LogP contribution < -0.4 is 19.1 Å². The summed E-state index contributed by atoms with van der Waals surface area (Å²) in [5.41, 5.74) is 2.61. The Kier molecular flexibility index (Phi) is 5.58. The van der Waals surface area contributed by atoms with Crippen LogP contribution in [0.2, 0.25) is 5.02 Å². The SMILES string of the molecule is COc1cc2c(cc1OC)CN([C@@H]1CC(=O)N(c3cc(Cl)ccc3OC)C1=O)CC2. The predicted molar refractivity (Wildman–Crippen MR) is 113 cm³/mol. The average Bonchev–Trinajstić information content (AvgIpc) is 3.05. The van der Waals surface area contributed by atoms with Crippen molar-refractivity contribution in [1.29, 1.82) is 0 Å². The molecule has 2 aliphatic heterocycles. The monoisotopic (exact) mass is 430 g/mol. The molecule has 7 nitrogen and oxygen atoms in total. The van der Waals surface area contributed by atoms with Gasteiger partial charge in [-0.15, -0.1) is 0 Å². The van der Waals surface area contributed by atoms with Crippen LogP contribution in [-0.4, -0.2) is 50.6 Å². The average molecular weight is 431 g/mol. The summed E-state index contributed by atoms with van der Waals surface area (Å²) in [6.07, 6.45) is 0.880. The number of carbonyl (C=O) groups excluding carboxylic acids is 2. The summed E-state index contributed by atoms with van der Waals surface area (Å²) >= 11 is 6.10. The maximum Gasteiger partial charge on any atom is 0.251 e. The van der Waals surface area contributed by atoms with Gasteiger partial charge in [0.1, 0.15) is 5.75 Å². The summed E-state index contributed by atoms with van der Waals surface area (Å²) in [4.78, 5) is 29.3. The number of halogens is 1. The molecule has 0 spiro atoms. The number of amides is 2. The first-order valence-corrected chi connectivity index (χ1v) is 10.0. The smallest absolute Gasteiger partial charge is 0.251 e. The van der Waals surface area contributed by atoms with E-state index in [1.54, 1.807) is 32.4 Å². The third-order valence-electron chi connectivity index (χ3n) is 5.69. The number of imide groups is 1. The molecule has 8 heteroatoms. The Labute approximate surface area is 180 Å². The lowest BCUT2D eigenvalue weighted by atomic mass is 9.97. The van der Waals surface area contributed by atoms with E-state index in [0.717, 1.165) is 17.5 Å². The van der Waals surface area contributed by atoms with Gasteiger partial charge in [-0.05, 0) is 47.9 Å². The number of ether oxygens (including phenoxy) is 3. The molecule has 1 atom stereocenters. The van der Waals surface area contributed by atoms with Crippen molar-refractivity contribution >= 4 is 29.1 Å². The third-order valence-corrected chi connectivity index (χ3v) is 5.93. The lowest BCUT2D eigenvalue weighted by molar-refractivity contribution is -0.123. The molecule has 158 valence electrons. The van der Waals surface area contributed by atoms with E-state index in [1.165, 1.54) is 12.0 Å². The molecule has 30 heavy (non-hydrogen) atoms. The van der Waals surface area contributed by atoms with Gasteiger partial charge < -0.3 is 14.2 Å². The van der Waals surface area contributed by atoms with Gasteiger partial charge in [0, 0.05) is 18.1 Å². The van der Waals surface area contributed by atoms with Crippen molar-refractivity contribution < 1.29 is 23.8 Å². The Morgan fingerprint density at radius 1 is 0.933 bits per heavy atom. The number of hydrogen-bond acceptors (Lipinski definition) is 6. The molecule has 2 aromatic rings. The normalized spacial score (nSPS) is 19.1. The van der Waals surface area contributed by atoms with Gasteiger partial charge in [0.25, 0.3) is 5.91 Å². The second-order valence-electron chi connectivity index (χ2n) is 7.30. The van der Waals surface area contributed by atoms with Gasteiger partial charge in [0.15, 0.2) is 11.5 Å². The Morgan fingerprint density at radius 3 is 2.27 bits per heavy atom. The summed E-state index contributed by atoms with van der Waals surface area (Å²) < 4.78 is 16.1. The predicted octanol–water partition coefficient (Wildman–Crippen LogP) is 3.06. The Morgan fingerprint density at radius 2 is 1.60 bits per heavy atom. The third kappa shape index (κ3) is 3.48. The maximum atomic E-state index is 13.3. The van der Waals surface area contributed by atoms with E-state index in [9.17, 15) is 9.59 Å². The molecule has 4 rings (SSSR count). The van der Waals surface area contributed by atoms with E-state index < -0.39 is 6.04 Å². The van der Waals surface area contributed by atoms with Crippen molar-refractivity contribution in [3.05, 3.63) is 46.5 Å². The first kappa shape index (κ1) is 20.5. The van der Waals surface area contributed by atoms with Gasteiger partial charge in [0.2, 0.25) is 5.91 Å². The molecular formula is C22H23ClN2O5. The van der Waals surface area contributed by atoms with Gasteiger partial charge >= 0.3 is 0 Å². The van der Waals surface area contributed by atoms with Crippen LogP contribution in [0.15, 0.2) is 30.3 Å². The van der Waals surface area contributed by atoms with Crippen molar-refractivity contribution in [3.63, 3.8) is 0 Å². The molecule has 0 saturated carbocycles. The molecule has 0 bridgehead atoms. The van der Waals surface area contributed by atoms with E-state index in [-0.39, 0.29) is 18.2 Å². The van der Waals surface area contributed by atoms with E-state index >= 15 is 0 Å². The number of rotatable bonds is 5. The number of methoxy groups -OCH3 is 3. The second kappa shape index (κ2) is 8.16. The number of fused-ring (bicyclic) bond motifs is 1. The molecule has 0 N–H and O–H groups in total. The highest BCUT2D eigenvalue weighted by Crippen LogP contribution is 2.38. The van der Waals surface area contributed by atoms with Crippen LogP contribution >= 0.6 is 11.6 Å². The van der Waals surface area contributed by atoms with E-state index in [2.05, 4.69) is 0 Å². The zero-order valence-electron chi connectivity index (χ0n) is 17.1. The summed E-state index contributed by atoms with van der Waals surface area (Å²) in [5, 5.41) is 0.433. The minimum atomic E-state index is -0.526. The zero-order valence-corrected chi connectivity index (χ0v) is 17.9. The van der Waals surface area contributed by atoms with Crippen molar-refractivity contribution in [2.45, 2.75) is 25.4 Å². The first-order chi connectivity index (χ1) is 14.5. The van der Waals surface area contributed by atoms with Gasteiger partial charge in [-0.2, -0.15) is 0 Å². The number of anilines is 1. The van der Waals surface area contributed by atoms with Gasteiger partial charge in [-0.3, -0.25) is 14.5 Å². The van der Waals surface area contributed by atoms with Gasteiger partial charge in [-0.25, -0.2) is 4.90 Å². The summed E-state index contributed by atoms with van der Waals surface area (Å²) in [7, 11) is 4.71. The Hall–Kier alpha value is -2.77.